The summed E-state index contributed by atoms with van der Waals surface area (Å²) in [5.41, 5.74) is 3.45. The van der Waals surface area contributed by atoms with E-state index in [0.29, 0.717) is 5.02 Å². The van der Waals surface area contributed by atoms with Crippen LogP contribution in [0.15, 0.2) is 59.5 Å². The largest absolute Gasteiger partial charge is 0.238 e. The van der Waals surface area contributed by atoms with Gasteiger partial charge in [-0.15, -0.1) is 0 Å². The molecule has 2 aromatic carbocycles. The maximum atomic E-state index is 11.3. The molecule has 0 saturated carbocycles. The Balaban J connectivity index is 2.09. The first-order valence-electron chi connectivity index (χ1n) is 6.80. The number of hydrogen-bond donors (Lipinski definition) is 1. The van der Waals surface area contributed by atoms with E-state index in [2.05, 4.69) is 5.10 Å². The van der Waals surface area contributed by atoms with Gasteiger partial charge in [0.15, 0.2) is 0 Å². The van der Waals surface area contributed by atoms with Crippen molar-refractivity contribution in [1.82, 2.24) is 9.78 Å². The Hall–Kier alpha value is -2.15. The second kappa shape index (κ2) is 5.81. The lowest BCUT2D eigenvalue weighted by Gasteiger charge is -2.08. The normalized spacial score (nSPS) is 11.6. The molecular weight excluding hydrogens is 334 g/mol. The summed E-state index contributed by atoms with van der Waals surface area (Å²) in [6.07, 6.45) is 0. The number of primary sulfonamides is 1. The number of nitrogens with two attached hydrogens (primary N) is 1. The first-order valence-corrected chi connectivity index (χ1v) is 8.73. The van der Waals surface area contributed by atoms with Crippen molar-refractivity contribution in [2.45, 2.75) is 11.8 Å². The third kappa shape index (κ3) is 3.29. The first kappa shape index (κ1) is 15.7. The molecule has 7 heteroatoms. The molecule has 0 radical (unpaired) electrons. The van der Waals surface area contributed by atoms with Crippen LogP contribution in [0, 0.1) is 6.92 Å². The monoisotopic (exact) mass is 347 g/mol. The molecule has 0 fully saturated rings. The molecule has 0 amide bonds. The Kier molecular flexibility index (Phi) is 3.97. The van der Waals surface area contributed by atoms with Crippen LogP contribution in [0.25, 0.3) is 16.9 Å². The van der Waals surface area contributed by atoms with Crippen LogP contribution >= 0.6 is 11.6 Å². The minimum atomic E-state index is -3.71. The predicted octanol–water partition coefficient (Wildman–Crippen LogP) is 3.15. The number of aromatic nitrogens is 2. The Morgan fingerprint density at radius 1 is 1.04 bits per heavy atom. The third-order valence-electron chi connectivity index (χ3n) is 3.38. The average molecular weight is 348 g/mol. The maximum absolute atomic E-state index is 11.3. The minimum absolute atomic E-state index is 0.0678. The Labute approximate surface area is 139 Å². The predicted molar refractivity (Wildman–Crippen MR) is 90.1 cm³/mol. The van der Waals surface area contributed by atoms with Crippen LogP contribution in [-0.2, 0) is 10.0 Å². The van der Waals surface area contributed by atoms with Gasteiger partial charge in [-0.05, 0) is 49.4 Å². The van der Waals surface area contributed by atoms with E-state index < -0.39 is 10.0 Å². The number of nitrogens with zero attached hydrogens (tertiary/aromatic N) is 2. The van der Waals surface area contributed by atoms with Crippen LogP contribution in [-0.4, -0.2) is 18.2 Å². The fourth-order valence-electron chi connectivity index (χ4n) is 2.30. The summed E-state index contributed by atoms with van der Waals surface area (Å²) in [4.78, 5) is 0.0678. The van der Waals surface area contributed by atoms with Crippen LogP contribution in [0.3, 0.4) is 0 Å². The van der Waals surface area contributed by atoms with Crippen LogP contribution in [0.1, 0.15) is 5.69 Å². The number of halogens is 1. The summed E-state index contributed by atoms with van der Waals surface area (Å²) >= 11 is 5.93. The van der Waals surface area contributed by atoms with E-state index in [9.17, 15) is 8.42 Å². The fraction of sp³-hybridized carbons (Fsp3) is 0.0625. The topological polar surface area (TPSA) is 78.0 Å². The van der Waals surface area contributed by atoms with Crippen LogP contribution in [0.4, 0.5) is 0 Å². The van der Waals surface area contributed by atoms with Crippen molar-refractivity contribution in [1.29, 1.82) is 0 Å². The van der Waals surface area contributed by atoms with Crippen LogP contribution in [0.2, 0.25) is 5.02 Å². The second-order valence-corrected chi connectivity index (χ2v) is 7.13. The van der Waals surface area contributed by atoms with E-state index >= 15 is 0 Å². The molecule has 3 rings (SSSR count). The molecule has 0 spiro atoms. The summed E-state index contributed by atoms with van der Waals surface area (Å²) in [7, 11) is -3.71. The lowest BCUT2D eigenvalue weighted by Crippen LogP contribution is -2.12. The van der Waals surface area contributed by atoms with E-state index in [1.807, 2.05) is 37.3 Å². The minimum Gasteiger partial charge on any atom is -0.233 e. The lowest BCUT2D eigenvalue weighted by atomic mass is 10.1. The quantitative estimate of drug-likeness (QED) is 0.790. The van der Waals surface area contributed by atoms with Crippen LogP contribution in [0.5, 0.6) is 0 Å². The fourth-order valence-corrected chi connectivity index (χ4v) is 2.94. The zero-order chi connectivity index (χ0) is 16.6. The van der Waals surface area contributed by atoms with Gasteiger partial charge in [-0.2, -0.15) is 5.10 Å². The standard InChI is InChI=1S/C16H14ClN3O2S/c1-11-10-16(12-2-4-13(17)5-3-12)20(19-11)14-6-8-15(9-7-14)23(18,21)22/h2-10H,1H3,(H2,18,21,22). The van der Waals surface area contributed by atoms with Gasteiger partial charge in [0, 0.05) is 10.6 Å². The Bertz CT molecular complexity index is 946. The van der Waals surface area contributed by atoms with Gasteiger partial charge < -0.3 is 0 Å². The van der Waals surface area contributed by atoms with Crippen molar-refractivity contribution in [3.05, 3.63) is 65.3 Å². The number of benzene rings is 2. The van der Waals surface area contributed by atoms with Gasteiger partial charge in [0.1, 0.15) is 0 Å². The van der Waals surface area contributed by atoms with Gasteiger partial charge in [0.25, 0.3) is 0 Å². The zero-order valence-electron chi connectivity index (χ0n) is 12.3. The molecule has 0 saturated heterocycles. The average Bonchev–Trinajstić information content (AvgIpc) is 2.89. The van der Waals surface area contributed by atoms with Crippen molar-refractivity contribution < 1.29 is 8.42 Å². The highest BCUT2D eigenvalue weighted by Crippen LogP contribution is 2.25. The molecule has 5 nitrogen and oxygen atoms in total. The summed E-state index contributed by atoms with van der Waals surface area (Å²) in [6, 6.07) is 15.7. The SMILES string of the molecule is Cc1cc(-c2ccc(Cl)cc2)n(-c2ccc(S(N)(=O)=O)cc2)n1. The molecule has 1 aromatic heterocycles. The van der Waals surface area contributed by atoms with Crippen molar-refractivity contribution in [2.75, 3.05) is 0 Å². The molecule has 0 aliphatic carbocycles. The Morgan fingerprint density at radius 2 is 1.65 bits per heavy atom. The number of rotatable bonds is 3. The van der Waals surface area contributed by atoms with Gasteiger partial charge in [0.2, 0.25) is 10.0 Å². The van der Waals surface area contributed by atoms with Gasteiger partial charge in [-0.3, -0.25) is 0 Å². The van der Waals surface area contributed by atoms with E-state index in [0.717, 1.165) is 22.6 Å². The molecule has 0 unspecified atom stereocenters. The van der Waals surface area contributed by atoms with Crippen molar-refractivity contribution in [3.63, 3.8) is 0 Å². The number of hydrogen-bond acceptors (Lipinski definition) is 3. The van der Waals surface area contributed by atoms with Gasteiger partial charge >= 0.3 is 0 Å². The molecule has 0 bridgehead atoms. The summed E-state index contributed by atoms with van der Waals surface area (Å²) in [5, 5.41) is 10.3. The summed E-state index contributed by atoms with van der Waals surface area (Å²) in [5.74, 6) is 0. The van der Waals surface area contributed by atoms with E-state index in [1.165, 1.54) is 12.1 Å². The molecule has 0 aliphatic heterocycles. The molecule has 2 N–H and O–H groups in total. The highest BCUT2D eigenvalue weighted by atomic mass is 35.5. The zero-order valence-corrected chi connectivity index (χ0v) is 13.8. The smallest absolute Gasteiger partial charge is 0.233 e. The van der Waals surface area contributed by atoms with Gasteiger partial charge in [-0.25, -0.2) is 18.2 Å². The van der Waals surface area contributed by atoms with Crippen LogP contribution < -0.4 is 5.14 Å². The summed E-state index contributed by atoms with van der Waals surface area (Å²) < 4.78 is 24.5. The van der Waals surface area contributed by atoms with E-state index in [4.69, 9.17) is 16.7 Å². The molecule has 118 valence electrons. The van der Waals surface area contributed by atoms with Gasteiger partial charge in [0.05, 0.1) is 22.0 Å². The summed E-state index contributed by atoms with van der Waals surface area (Å²) in [6.45, 7) is 1.90. The molecule has 0 atom stereocenters. The molecule has 1 heterocycles. The molecular formula is C16H14ClN3O2S. The molecule has 23 heavy (non-hydrogen) atoms. The number of aryl methyl sites for hydroxylation is 1. The maximum Gasteiger partial charge on any atom is 0.238 e. The number of sulfonamides is 1. The highest BCUT2D eigenvalue weighted by Gasteiger charge is 2.12. The van der Waals surface area contributed by atoms with E-state index in [-0.39, 0.29) is 4.90 Å². The van der Waals surface area contributed by atoms with E-state index in [1.54, 1.807) is 16.8 Å². The lowest BCUT2D eigenvalue weighted by molar-refractivity contribution is 0.598. The Morgan fingerprint density at radius 3 is 2.22 bits per heavy atom. The molecule has 3 aromatic rings. The highest BCUT2D eigenvalue weighted by molar-refractivity contribution is 7.89. The first-order chi connectivity index (χ1) is 10.8. The molecule has 0 aliphatic rings. The van der Waals surface area contributed by atoms with Crippen molar-refractivity contribution >= 4 is 21.6 Å². The second-order valence-electron chi connectivity index (χ2n) is 5.13. The van der Waals surface area contributed by atoms with Gasteiger partial charge in [-0.1, -0.05) is 23.7 Å². The van der Waals surface area contributed by atoms with Crippen molar-refractivity contribution in [3.8, 4) is 16.9 Å². The third-order valence-corrected chi connectivity index (χ3v) is 4.56. The van der Waals surface area contributed by atoms with Crippen molar-refractivity contribution in [2.24, 2.45) is 5.14 Å².